The van der Waals surface area contributed by atoms with Crippen molar-refractivity contribution in [2.45, 2.75) is 39.3 Å². The molecule has 39 heavy (non-hydrogen) atoms. The SMILES string of the molecule is Cc1cccc(C)c1CN1CCN2C(=O)N(c3c(F)cc(C#Cc4ccccc4)cc3F)C(=O)CC2(C)C1=O. The molecule has 0 aromatic heterocycles. The van der Waals surface area contributed by atoms with Gasteiger partial charge in [0, 0.05) is 30.8 Å². The first kappa shape index (κ1) is 26.1. The summed E-state index contributed by atoms with van der Waals surface area (Å²) >= 11 is 0. The Labute approximate surface area is 225 Å². The first-order valence-electron chi connectivity index (χ1n) is 12.7. The van der Waals surface area contributed by atoms with Crippen LogP contribution in [0, 0.1) is 37.3 Å². The van der Waals surface area contributed by atoms with Gasteiger partial charge in [0.1, 0.15) is 11.2 Å². The van der Waals surface area contributed by atoms with Crippen molar-refractivity contribution in [3.05, 3.63) is 100 Å². The van der Waals surface area contributed by atoms with E-state index in [1.165, 1.54) is 11.8 Å². The second-order valence-electron chi connectivity index (χ2n) is 10.1. The van der Waals surface area contributed by atoms with Crippen LogP contribution in [0.2, 0.25) is 0 Å². The predicted molar refractivity (Wildman–Crippen MR) is 143 cm³/mol. The van der Waals surface area contributed by atoms with Crippen LogP contribution in [-0.2, 0) is 16.1 Å². The van der Waals surface area contributed by atoms with E-state index in [0.717, 1.165) is 28.8 Å². The number of hydrogen-bond acceptors (Lipinski definition) is 3. The molecule has 5 rings (SSSR count). The van der Waals surface area contributed by atoms with Gasteiger partial charge in [-0.2, -0.15) is 0 Å². The monoisotopic (exact) mass is 527 g/mol. The van der Waals surface area contributed by atoms with Crippen molar-refractivity contribution in [2.24, 2.45) is 0 Å². The molecule has 2 heterocycles. The maximum atomic E-state index is 15.2. The largest absolute Gasteiger partial charge is 0.335 e. The second kappa shape index (κ2) is 9.99. The lowest BCUT2D eigenvalue weighted by molar-refractivity contribution is -0.152. The molecule has 0 radical (unpaired) electrons. The van der Waals surface area contributed by atoms with Crippen molar-refractivity contribution in [3.8, 4) is 11.8 Å². The number of carbonyl (C=O) groups is 3. The summed E-state index contributed by atoms with van der Waals surface area (Å²) in [7, 11) is 0. The Morgan fingerprint density at radius 1 is 0.846 bits per heavy atom. The Hall–Kier alpha value is -4.51. The Bertz CT molecular complexity index is 1520. The standard InChI is InChI=1S/C31H27F2N3O3/c1-20-8-7-9-21(2)24(20)19-34-14-15-35-30(39)36(27(37)18-31(35,3)29(34)38)28-25(32)16-23(17-26(28)33)13-12-22-10-5-4-6-11-22/h4-11,16-17H,14-15,18-19H2,1-3H3. The average molecular weight is 528 g/mol. The first-order chi connectivity index (χ1) is 18.6. The zero-order valence-electron chi connectivity index (χ0n) is 21.9. The van der Waals surface area contributed by atoms with Crippen LogP contribution < -0.4 is 4.90 Å². The number of imide groups is 1. The summed E-state index contributed by atoms with van der Waals surface area (Å²) in [6.07, 6.45) is -0.394. The van der Waals surface area contributed by atoms with E-state index in [0.29, 0.717) is 17.0 Å². The van der Waals surface area contributed by atoms with Gasteiger partial charge in [-0.05, 0) is 61.7 Å². The van der Waals surface area contributed by atoms with E-state index in [1.807, 2.05) is 38.1 Å². The molecule has 2 aliphatic rings. The third-order valence-electron chi connectivity index (χ3n) is 7.46. The Balaban J connectivity index is 1.41. The molecule has 3 aromatic carbocycles. The molecule has 8 heteroatoms. The van der Waals surface area contributed by atoms with Gasteiger partial charge in [0.15, 0.2) is 11.6 Å². The quantitative estimate of drug-likeness (QED) is 0.454. The van der Waals surface area contributed by atoms with Crippen LogP contribution in [0.4, 0.5) is 19.3 Å². The minimum Gasteiger partial charge on any atom is -0.335 e. The number of carbonyl (C=O) groups excluding carboxylic acids is 3. The minimum atomic E-state index is -1.45. The number of benzene rings is 3. The maximum absolute atomic E-state index is 15.2. The van der Waals surface area contributed by atoms with Gasteiger partial charge in [-0.25, -0.2) is 18.5 Å². The lowest BCUT2D eigenvalue weighted by atomic mass is 9.87. The fraction of sp³-hybridized carbons (Fsp3) is 0.258. The van der Waals surface area contributed by atoms with Gasteiger partial charge in [-0.3, -0.25) is 9.59 Å². The number of urea groups is 1. The van der Waals surface area contributed by atoms with Crippen molar-refractivity contribution < 1.29 is 23.2 Å². The maximum Gasteiger partial charge on any atom is 0.332 e. The summed E-state index contributed by atoms with van der Waals surface area (Å²) in [5, 5.41) is 0. The smallest absolute Gasteiger partial charge is 0.332 e. The molecule has 2 fully saturated rings. The van der Waals surface area contributed by atoms with Gasteiger partial charge in [0.25, 0.3) is 0 Å². The molecule has 0 spiro atoms. The Morgan fingerprint density at radius 2 is 1.46 bits per heavy atom. The van der Waals surface area contributed by atoms with E-state index < -0.39 is 41.2 Å². The van der Waals surface area contributed by atoms with Gasteiger partial charge in [-0.15, -0.1) is 0 Å². The molecular formula is C31H27F2N3O3. The van der Waals surface area contributed by atoms with Crippen molar-refractivity contribution >= 4 is 23.5 Å². The van der Waals surface area contributed by atoms with Gasteiger partial charge in [-0.1, -0.05) is 48.2 Å². The summed E-state index contributed by atoms with van der Waals surface area (Å²) in [6.45, 7) is 6.18. The molecule has 3 aromatic rings. The summed E-state index contributed by atoms with van der Waals surface area (Å²) in [5.41, 5.74) is 1.62. The minimum absolute atomic E-state index is 0.0645. The van der Waals surface area contributed by atoms with Crippen molar-refractivity contribution in [1.82, 2.24) is 9.80 Å². The van der Waals surface area contributed by atoms with Gasteiger partial charge in [0.2, 0.25) is 11.8 Å². The van der Waals surface area contributed by atoms with E-state index in [4.69, 9.17) is 0 Å². The highest BCUT2D eigenvalue weighted by molar-refractivity contribution is 6.19. The number of hydrogen-bond donors (Lipinski definition) is 0. The number of anilines is 1. The van der Waals surface area contributed by atoms with Crippen molar-refractivity contribution in [2.75, 3.05) is 18.0 Å². The molecule has 2 aliphatic heterocycles. The number of rotatable bonds is 3. The van der Waals surface area contributed by atoms with Gasteiger partial charge >= 0.3 is 6.03 Å². The number of nitrogens with zero attached hydrogens (tertiary/aromatic N) is 3. The molecule has 4 amide bonds. The lowest BCUT2D eigenvalue weighted by Gasteiger charge is -2.51. The summed E-state index contributed by atoms with van der Waals surface area (Å²) in [4.78, 5) is 43.7. The van der Waals surface area contributed by atoms with Crippen LogP contribution in [0.15, 0.2) is 60.7 Å². The van der Waals surface area contributed by atoms with E-state index in [9.17, 15) is 14.4 Å². The fourth-order valence-electron chi connectivity index (χ4n) is 5.28. The highest BCUT2D eigenvalue weighted by atomic mass is 19.1. The summed E-state index contributed by atoms with van der Waals surface area (Å²) < 4.78 is 30.4. The number of piperazine rings is 1. The van der Waals surface area contributed by atoms with Crippen LogP contribution in [0.25, 0.3) is 0 Å². The number of amides is 4. The van der Waals surface area contributed by atoms with Crippen LogP contribution in [0.3, 0.4) is 0 Å². The van der Waals surface area contributed by atoms with Crippen LogP contribution in [-0.4, -0.2) is 46.3 Å². The number of aryl methyl sites for hydroxylation is 2. The Kier molecular flexibility index (Phi) is 6.69. The van der Waals surface area contributed by atoms with E-state index >= 15 is 8.78 Å². The lowest BCUT2D eigenvalue weighted by Crippen LogP contribution is -2.72. The van der Waals surface area contributed by atoms with Gasteiger partial charge in [0.05, 0.1) is 6.42 Å². The molecule has 0 N–H and O–H groups in total. The van der Waals surface area contributed by atoms with Gasteiger partial charge < -0.3 is 9.80 Å². The molecule has 0 bridgehead atoms. The molecular weight excluding hydrogens is 500 g/mol. The third-order valence-corrected chi connectivity index (χ3v) is 7.46. The number of fused-ring (bicyclic) bond motifs is 1. The molecule has 0 aliphatic carbocycles. The van der Waals surface area contributed by atoms with Crippen molar-refractivity contribution in [1.29, 1.82) is 0 Å². The molecule has 198 valence electrons. The zero-order chi connectivity index (χ0) is 27.9. The molecule has 0 saturated carbocycles. The summed E-state index contributed by atoms with van der Waals surface area (Å²) in [6, 6.07) is 15.9. The van der Waals surface area contributed by atoms with Crippen molar-refractivity contribution in [3.63, 3.8) is 0 Å². The predicted octanol–water partition coefficient (Wildman–Crippen LogP) is 4.94. The van der Waals surface area contributed by atoms with Crippen LogP contribution >= 0.6 is 0 Å². The molecule has 2 saturated heterocycles. The van der Waals surface area contributed by atoms with Crippen LogP contribution in [0.1, 0.15) is 41.2 Å². The number of halogens is 2. The highest BCUT2D eigenvalue weighted by Crippen LogP contribution is 2.37. The molecule has 1 atom stereocenters. The second-order valence-corrected chi connectivity index (χ2v) is 10.1. The van der Waals surface area contributed by atoms with E-state index in [-0.39, 0.29) is 24.6 Å². The average Bonchev–Trinajstić information content (AvgIpc) is 2.89. The molecule has 6 nitrogen and oxygen atoms in total. The zero-order valence-corrected chi connectivity index (χ0v) is 21.9. The highest BCUT2D eigenvalue weighted by Gasteiger charge is 2.55. The fourth-order valence-corrected chi connectivity index (χ4v) is 5.28. The first-order valence-corrected chi connectivity index (χ1v) is 12.7. The molecule has 1 unspecified atom stereocenters. The third kappa shape index (κ3) is 4.65. The Morgan fingerprint density at radius 3 is 2.10 bits per heavy atom. The van der Waals surface area contributed by atoms with E-state index in [2.05, 4.69) is 11.8 Å². The van der Waals surface area contributed by atoms with E-state index in [1.54, 1.807) is 29.2 Å². The topological polar surface area (TPSA) is 60.9 Å². The summed E-state index contributed by atoms with van der Waals surface area (Å²) in [5.74, 6) is 2.15. The normalized spacial score (nSPS) is 19.1. The van der Waals surface area contributed by atoms with Crippen LogP contribution in [0.5, 0.6) is 0 Å².